The lowest BCUT2D eigenvalue weighted by atomic mass is 10.0. The Morgan fingerprint density at radius 2 is 1.67 bits per heavy atom. The maximum Gasteiger partial charge on any atom is 0.416 e. The van der Waals surface area contributed by atoms with Gasteiger partial charge in [0.2, 0.25) is 0 Å². The van der Waals surface area contributed by atoms with Crippen LogP contribution in [0.15, 0.2) is 65.5 Å². The molecule has 0 atom stereocenters. The highest BCUT2D eigenvalue weighted by Crippen LogP contribution is 2.29. The maximum atomic E-state index is 12.6. The van der Waals surface area contributed by atoms with Crippen LogP contribution in [-0.4, -0.2) is 15.8 Å². The number of nitrogens with one attached hydrogen (secondary N) is 1. The highest BCUT2D eigenvalue weighted by atomic mass is 19.4. The second kappa shape index (κ2) is 7.57. The van der Waals surface area contributed by atoms with Gasteiger partial charge in [-0.1, -0.05) is 42.5 Å². The van der Waals surface area contributed by atoms with E-state index in [9.17, 15) is 22.8 Å². The molecule has 1 aromatic heterocycles. The standard InChI is InChI=1S/C20H15F3N2O2/c21-20(22,23)15-9-6-13(7-10-15)8-11-17(26)16-12-18(27)25-19(24-16)14-4-2-1-3-5-14/h1-7,9-10,12H,8,11H2,(H,24,25,27). The van der Waals surface area contributed by atoms with Crippen molar-refractivity contribution >= 4 is 5.78 Å². The van der Waals surface area contributed by atoms with E-state index in [2.05, 4.69) is 9.97 Å². The molecule has 0 saturated heterocycles. The molecule has 7 heteroatoms. The van der Waals surface area contributed by atoms with E-state index in [4.69, 9.17) is 0 Å². The molecule has 0 spiro atoms. The molecule has 3 rings (SSSR count). The molecule has 138 valence electrons. The minimum absolute atomic E-state index is 0.0320. The predicted octanol–water partition coefficient (Wildman–Crippen LogP) is 4.27. The molecule has 27 heavy (non-hydrogen) atoms. The first-order valence-corrected chi connectivity index (χ1v) is 8.19. The molecule has 0 saturated carbocycles. The van der Waals surface area contributed by atoms with Crippen molar-refractivity contribution in [3.05, 3.63) is 87.8 Å². The summed E-state index contributed by atoms with van der Waals surface area (Å²) in [5.74, 6) is -0.0563. The van der Waals surface area contributed by atoms with Crippen LogP contribution in [0.4, 0.5) is 13.2 Å². The van der Waals surface area contributed by atoms with Gasteiger partial charge in [-0.15, -0.1) is 0 Å². The van der Waals surface area contributed by atoms with E-state index in [1.807, 2.05) is 6.07 Å². The van der Waals surface area contributed by atoms with E-state index in [0.717, 1.165) is 18.2 Å². The van der Waals surface area contributed by atoms with Gasteiger partial charge >= 0.3 is 6.18 Å². The summed E-state index contributed by atoms with van der Waals surface area (Å²) in [7, 11) is 0. The van der Waals surface area contributed by atoms with Crippen LogP contribution in [0.25, 0.3) is 11.4 Å². The molecule has 4 nitrogen and oxygen atoms in total. The first-order chi connectivity index (χ1) is 12.8. The SMILES string of the molecule is O=C(CCc1ccc(C(F)(F)F)cc1)c1cc(=O)[nH]c(-c2ccccc2)n1. The first kappa shape index (κ1) is 18.6. The Labute approximate surface area is 152 Å². The number of nitrogens with zero attached hydrogens (tertiary/aromatic N) is 1. The van der Waals surface area contributed by atoms with E-state index >= 15 is 0 Å². The van der Waals surface area contributed by atoms with E-state index in [-0.39, 0.29) is 24.3 Å². The molecular formula is C20H15F3N2O2. The molecule has 1 heterocycles. The van der Waals surface area contributed by atoms with Crippen molar-refractivity contribution in [1.82, 2.24) is 9.97 Å². The summed E-state index contributed by atoms with van der Waals surface area (Å²) >= 11 is 0. The third-order valence-corrected chi connectivity index (χ3v) is 4.00. The lowest BCUT2D eigenvalue weighted by Gasteiger charge is -2.07. The maximum absolute atomic E-state index is 12.6. The minimum atomic E-state index is -4.39. The van der Waals surface area contributed by atoms with E-state index in [0.29, 0.717) is 17.0 Å². The number of aryl methyl sites for hydroxylation is 1. The number of H-pyrrole nitrogens is 1. The van der Waals surface area contributed by atoms with E-state index in [1.54, 1.807) is 24.3 Å². The minimum Gasteiger partial charge on any atom is -0.306 e. The molecule has 0 radical (unpaired) electrons. The van der Waals surface area contributed by atoms with Crippen LogP contribution in [0.5, 0.6) is 0 Å². The summed E-state index contributed by atoms with van der Waals surface area (Å²) in [6.07, 6.45) is -4.10. The quantitative estimate of drug-likeness (QED) is 0.681. The van der Waals surface area contributed by atoms with E-state index in [1.165, 1.54) is 12.1 Å². The number of ketones is 1. The summed E-state index contributed by atoms with van der Waals surface area (Å²) in [5.41, 5.74) is 0.129. The van der Waals surface area contributed by atoms with Gasteiger partial charge in [0.1, 0.15) is 11.5 Å². The smallest absolute Gasteiger partial charge is 0.306 e. The first-order valence-electron chi connectivity index (χ1n) is 8.19. The zero-order valence-electron chi connectivity index (χ0n) is 14.1. The number of rotatable bonds is 5. The number of halogens is 3. The van der Waals surface area contributed by atoms with Gasteiger partial charge in [-0.3, -0.25) is 9.59 Å². The topological polar surface area (TPSA) is 62.8 Å². The Bertz CT molecular complexity index is 994. The molecule has 2 aromatic carbocycles. The van der Waals surface area contributed by atoms with Gasteiger partial charge in [-0.2, -0.15) is 13.2 Å². The zero-order valence-corrected chi connectivity index (χ0v) is 14.1. The van der Waals surface area contributed by atoms with Crippen molar-refractivity contribution < 1.29 is 18.0 Å². The number of Topliss-reactive ketones (excluding diaryl/α,β-unsaturated/α-hetero) is 1. The third kappa shape index (κ3) is 4.69. The van der Waals surface area contributed by atoms with Crippen molar-refractivity contribution in [2.24, 2.45) is 0 Å². The van der Waals surface area contributed by atoms with Crippen LogP contribution in [0.1, 0.15) is 28.0 Å². The van der Waals surface area contributed by atoms with Crippen LogP contribution in [-0.2, 0) is 12.6 Å². The number of benzene rings is 2. The van der Waals surface area contributed by atoms with Crippen molar-refractivity contribution in [2.75, 3.05) is 0 Å². The summed E-state index contributed by atoms with van der Waals surface area (Å²) in [4.78, 5) is 31.0. The summed E-state index contributed by atoms with van der Waals surface area (Å²) in [5, 5.41) is 0. The Balaban J connectivity index is 1.73. The Morgan fingerprint density at radius 3 is 2.30 bits per heavy atom. The lowest BCUT2D eigenvalue weighted by molar-refractivity contribution is -0.137. The number of alkyl halides is 3. The molecule has 0 unspecified atom stereocenters. The van der Waals surface area contributed by atoms with Crippen LogP contribution in [0.3, 0.4) is 0 Å². The van der Waals surface area contributed by atoms with Gasteiger partial charge < -0.3 is 4.98 Å². The molecule has 0 fully saturated rings. The molecule has 0 aliphatic rings. The summed E-state index contributed by atoms with van der Waals surface area (Å²) < 4.78 is 37.7. The van der Waals surface area contributed by atoms with Crippen LogP contribution in [0.2, 0.25) is 0 Å². The van der Waals surface area contributed by atoms with Crippen molar-refractivity contribution in [3.63, 3.8) is 0 Å². The predicted molar refractivity (Wildman–Crippen MR) is 94.4 cm³/mol. The molecule has 0 aliphatic heterocycles. The Morgan fingerprint density at radius 1 is 1.00 bits per heavy atom. The molecule has 1 N–H and O–H groups in total. The summed E-state index contributed by atoms with van der Waals surface area (Å²) in [6.45, 7) is 0. The van der Waals surface area contributed by atoms with Gasteiger partial charge in [0, 0.05) is 18.1 Å². The van der Waals surface area contributed by atoms with Crippen molar-refractivity contribution in [2.45, 2.75) is 19.0 Å². The Kier molecular flexibility index (Phi) is 5.21. The zero-order chi connectivity index (χ0) is 19.4. The fourth-order valence-corrected chi connectivity index (χ4v) is 2.58. The van der Waals surface area contributed by atoms with Gasteiger partial charge in [-0.05, 0) is 24.1 Å². The van der Waals surface area contributed by atoms with Gasteiger partial charge in [0.15, 0.2) is 5.78 Å². The Hall–Kier alpha value is -3.22. The third-order valence-electron chi connectivity index (χ3n) is 4.00. The monoisotopic (exact) mass is 372 g/mol. The molecule has 0 amide bonds. The fraction of sp³-hybridized carbons (Fsp3) is 0.150. The largest absolute Gasteiger partial charge is 0.416 e. The highest BCUT2D eigenvalue weighted by molar-refractivity contribution is 5.94. The average Bonchev–Trinajstić information content (AvgIpc) is 2.66. The van der Waals surface area contributed by atoms with Crippen molar-refractivity contribution in [1.29, 1.82) is 0 Å². The number of carbonyl (C=O) groups is 1. The van der Waals surface area contributed by atoms with Crippen LogP contribution in [0, 0.1) is 0 Å². The number of hydrogen-bond acceptors (Lipinski definition) is 3. The van der Waals surface area contributed by atoms with Crippen molar-refractivity contribution in [3.8, 4) is 11.4 Å². The molecule has 0 aliphatic carbocycles. The number of hydrogen-bond donors (Lipinski definition) is 1. The van der Waals surface area contributed by atoms with E-state index < -0.39 is 17.3 Å². The van der Waals surface area contributed by atoms with Gasteiger partial charge in [-0.25, -0.2) is 4.98 Å². The number of aromatic nitrogens is 2. The second-order valence-electron chi connectivity index (χ2n) is 5.96. The summed E-state index contributed by atoms with van der Waals surface area (Å²) in [6, 6.07) is 14.7. The van der Waals surface area contributed by atoms with Gasteiger partial charge in [0.25, 0.3) is 5.56 Å². The normalized spacial score (nSPS) is 11.4. The molecule has 3 aromatic rings. The highest BCUT2D eigenvalue weighted by Gasteiger charge is 2.29. The number of aromatic amines is 1. The average molecular weight is 372 g/mol. The van der Waals surface area contributed by atoms with Gasteiger partial charge in [0.05, 0.1) is 5.56 Å². The lowest BCUT2D eigenvalue weighted by Crippen LogP contribution is -2.14. The molecule has 0 bridgehead atoms. The second-order valence-corrected chi connectivity index (χ2v) is 5.96. The van der Waals surface area contributed by atoms with Crippen LogP contribution >= 0.6 is 0 Å². The molecular weight excluding hydrogens is 357 g/mol. The number of carbonyl (C=O) groups excluding carboxylic acids is 1. The fourth-order valence-electron chi connectivity index (χ4n) is 2.58. The van der Waals surface area contributed by atoms with Crippen LogP contribution < -0.4 is 5.56 Å².